The number of halogens is 6. The van der Waals surface area contributed by atoms with E-state index < -0.39 is 17.8 Å². The number of aromatic nitrogens is 5. The van der Waals surface area contributed by atoms with Gasteiger partial charge < -0.3 is 4.42 Å². The highest BCUT2D eigenvalue weighted by atomic mass is 35.5. The Balaban J connectivity index is 1.91. The molecule has 0 saturated heterocycles. The smallest absolute Gasteiger partial charge is 0.422 e. The molecule has 0 bridgehead atoms. The van der Waals surface area contributed by atoms with Gasteiger partial charge in [-0.3, -0.25) is 4.40 Å². The van der Waals surface area contributed by atoms with E-state index in [4.69, 9.17) is 16.0 Å². The standard InChI is InChI=1S/C22H13ClF5N5O/c1-2-15-18(20-32-29-10-34-20)31-17-8-7-13-14(11-3-5-12(23)6-4-11)9-16(30-19(13)33(15)17)21(24,25)22(26,27)28/h3-10H,2H2,1H3. The van der Waals surface area contributed by atoms with Crippen LogP contribution in [0.25, 0.3) is 39.4 Å². The average Bonchev–Trinajstić information content (AvgIpc) is 3.45. The van der Waals surface area contributed by atoms with Crippen LogP contribution in [0.2, 0.25) is 5.02 Å². The van der Waals surface area contributed by atoms with Crippen LogP contribution in [0.1, 0.15) is 18.3 Å². The third kappa shape index (κ3) is 3.38. The molecule has 0 atom stereocenters. The molecule has 0 aliphatic heterocycles. The summed E-state index contributed by atoms with van der Waals surface area (Å²) in [7, 11) is 0. The van der Waals surface area contributed by atoms with E-state index in [1.807, 2.05) is 0 Å². The van der Waals surface area contributed by atoms with Crippen molar-refractivity contribution in [2.24, 2.45) is 0 Å². The topological polar surface area (TPSA) is 69.1 Å². The molecule has 6 nitrogen and oxygen atoms in total. The summed E-state index contributed by atoms with van der Waals surface area (Å²) in [5, 5.41) is 8.20. The summed E-state index contributed by atoms with van der Waals surface area (Å²) in [6, 6.07) is 10.1. The second-order valence-corrected chi connectivity index (χ2v) is 7.84. The van der Waals surface area contributed by atoms with E-state index in [1.54, 1.807) is 19.1 Å². The summed E-state index contributed by atoms with van der Waals surface area (Å²) in [5.41, 5.74) is 0.0177. The fourth-order valence-electron chi connectivity index (χ4n) is 3.80. The van der Waals surface area contributed by atoms with Crippen molar-refractivity contribution in [3.05, 3.63) is 65.3 Å². The molecule has 174 valence electrons. The van der Waals surface area contributed by atoms with Crippen LogP contribution in [-0.4, -0.2) is 30.7 Å². The van der Waals surface area contributed by atoms with Crippen molar-refractivity contribution in [1.29, 1.82) is 0 Å². The molecular formula is C22H13ClF5N5O. The first-order valence-electron chi connectivity index (χ1n) is 9.94. The zero-order valence-electron chi connectivity index (χ0n) is 17.2. The molecule has 1 aromatic carbocycles. The minimum atomic E-state index is -5.84. The molecule has 0 radical (unpaired) electrons. The maximum Gasteiger partial charge on any atom is 0.459 e. The fraction of sp³-hybridized carbons (Fsp3) is 0.182. The second kappa shape index (κ2) is 7.73. The molecule has 4 aromatic heterocycles. The highest BCUT2D eigenvalue weighted by Crippen LogP contribution is 2.45. The molecule has 5 aromatic rings. The van der Waals surface area contributed by atoms with E-state index in [1.165, 1.54) is 28.7 Å². The monoisotopic (exact) mass is 493 g/mol. The first-order chi connectivity index (χ1) is 16.1. The molecule has 0 saturated carbocycles. The number of hydrogen-bond donors (Lipinski definition) is 0. The molecular weight excluding hydrogens is 481 g/mol. The number of hydrogen-bond acceptors (Lipinski definition) is 5. The molecule has 4 heterocycles. The summed E-state index contributed by atoms with van der Waals surface area (Å²) in [6.07, 6.45) is -4.40. The van der Waals surface area contributed by atoms with Gasteiger partial charge in [-0.05, 0) is 47.9 Å². The molecule has 0 amide bonds. The number of alkyl halides is 5. The molecule has 0 spiro atoms. The van der Waals surface area contributed by atoms with Crippen molar-refractivity contribution < 1.29 is 26.4 Å². The summed E-state index contributed by atoms with van der Waals surface area (Å²) in [6.45, 7) is 1.77. The lowest BCUT2D eigenvalue weighted by atomic mass is 10.00. The van der Waals surface area contributed by atoms with E-state index in [0.717, 1.165) is 12.5 Å². The number of imidazole rings is 1. The first-order valence-corrected chi connectivity index (χ1v) is 10.3. The van der Waals surface area contributed by atoms with Gasteiger partial charge in [0.2, 0.25) is 6.39 Å². The van der Waals surface area contributed by atoms with Crippen molar-refractivity contribution in [2.45, 2.75) is 25.4 Å². The van der Waals surface area contributed by atoms with Crippen molar-refractivity contribution in [3.8, 4) is 22.7 Å². The van der Waals surface area contributed by atoms with E-state index in [2.05, 4.69) is 20.2 Å². The highest BCUT2D eigenvalue weighted by molar-refractivity contribution is 6.30. The SMILES string of the molecule is CCc1c(-c2nnco2)nc2ccc3c(-c4ccc(Cl)cc4)cc(C(F)(F)C(F)(F)F)nc3n12. The van der Waals surface area contributed by atoms with Gasteiger partial charge in [0.05, 0.1) is 5.69 Å². The molecule has 0 unspecified atom stereocenters. The number of nitrogens with zero attached hydrogens (tertiary/aromatic N) is 5. The summed E-state index contributed by atoms with van der Waals surface area (Å²) in [5.74, 6) is -5.10. The van der Waals surface area contributed by atoms with Gasteiger partial charge in [-0.25, -0.2) is 9.97 Å². The van der Waals surface area contributed by atoms with Gasteiger partial charge in [-0.15, -0.1) is 10.2 Å². The lowest BCUT2D eigenvalue weighted by molar-refractivity contribution is -0.290. The zero-order valence-corrected chi connectivity index (χ0v) is 18.0. The van der Waals surface area contributed by atoms with Gasteiger partial charge in [-0.1, -0.05) is 30.7 Å². The van der Waals surface area contributed by atoms with Crippen LogP contribution in [0.5, 0.6) is 0 Å². The molecule has 0 N–H and O–H groups in total. The number of rotatable bonds is 4. The van der Waals surface area contributed by atoms with Crippen molar-refractivity contribution in [3.63, 3.8) is 0 Å². The Morgan fingerprint density at radius 1 is 1.00 bits per heavy atom. The van der Waals surface area contributed by atoms with E-state index in [-0.39, 0.29) is 28.4 Å². The Morgan fingerprint density at radius 3 is 2.35 bits per heavy atom. The quantitative estimate of drug-likeness (QED) is 0.268. The Bertz CT molecular complexity index is 1510. The summed E-state index contributed by atoms with van der Waals surface area (Å²) in [4.78, 5) is 8.24. The van der Waals surface area contributed by atoms with Crippen LogP contribution in [-0.2, 0) is 12.3 Å². The molecule has 5 rings (SSSR count). The van der Waals surface area contributed by atoms with E-state index in [9.17, 15) is 22.0 Å². The van der Waals surface area contributed by atoms with Crippen LogP contribution < -0.4 is 0 Å². The summed E-state index contributed by atoms with van der Waals surface area (Å²) >= 11 is 5.94. The third-order valence-electron chi connectivity index (χ3n) is 5.38. The number of aryl methyl sites for hydroxylation is 1. The number of pyridine rings is 2. The predicted octanol–water partition coefficient (Wildman–Crippen LogP) is 6.47. The van der Waals surface area contributed by atoms with Crippen LogP contribution in [0.15, 0.2) is 53.3 Å². The Labute approximate surface area is 193 Å². The van der Waals surface area contributed by atoms with Crippen molar-refractivity contribution in [1.82, 2.24) is 24.6 Å². The largest absolute Gasteiger partial charge is 0.459 e. The van der Waals surface area contributed by atoms with Crippen LogP contribution >= 0.6 is 11.6 Å². The van der Waals surface area contributed by atoms with Crippen molar-refractivity contribution >= 4 is 28.3 Å². The third-order valence-corrected chi connectivity index (χ3v) is 5.63. The van der Waals surface area contributed by atoms with Gasteiger partial charge in [0.15, 0.2) is 0 Å². The zero-order chi connectivity index (χ0) is 24.3. The summed E-state index contributed by atoms with van der Waals surface area (Å²) < 4.78 is 75.6. The first kappa shape index (κ1) is 22.2. The highest BCUT2D eigenvalue weighted by Gasteiger charge is 2.60. The molecule has 34 heavy (non-hydrogen) atoms. The van der Waals surface area contributed by atoms with E-state index in [0.29, 0.717) is 28.1 Å². The normalized spacial score (nSPS) is 12.7. The predicted molar refractivity (Wildman–Crippen MR) is 114 cm³/mol. The molecule has 0 aliphatic rings. The maximum absolute atomic E-state index is 14.5. The minimum Gasteiger partial charge on any atom is -0.422 e. The second-order valence-electron chi connectivity index (χ2n) is 7.40. The van der Waals surface area contributed by atoms with E-state index >= 15 is 0 Å². The van der Waals surface area contributed by atoms with Crippen molar-refractivity contribution in [2.75, 3.05) is 0 Å². The number of fused-ring (bicyclic) bond motifs is 3. The van der Waals surface area contributed by atoms with Gasteiger partial charge in [-0.2, -0.15) is 22.0 Å². The number of benzene rings is 1. The lowest BCUT2D eigenvalue weighted by Gasteiger charge is -2.21. The fourth-order valence-corrected chi connectivity index (χ4v) is 3.93. The van der Waals surface area contributed by atoms with Crippen LogP contribution in [0.4, 0.5) is 22.0 Å². The minimum absolute atomic E-state index is 0.0865. The Hall–Kier alpha value is -3.60. The Kier molecular flexibility index (Phi) is 5.05. The Morgan fingerprint density at radius 2 is 1.74 bits per heavy atom. The van der Waals surface area contributed by atoms with Crippen LogP contribution in [0.3, 0.4) is 0 Å². The van der Waals surface area contributed by atoms with Crippen LogP contribution in [0, 0.1) is 0 Å². The lowest BCUT2D eigenvalue weighted by Crippen LogP contribution is -2.34. The van der Waals surface area contributed by atoms with Gasteiger partial charge in [0.25, 0.3) is 5.89 Å². The maximum atomic E-state index is 14.5. The molecule has 12 heteroatoms. The van der Waals surface area contributed by atoms with Gasteiger partial charge in [0.1, 0.15) is 22.7 Å². The molecule has 0 fully saturated rings. The average molecular weight is 494 g/mol. The van der Waals surface area contributed by atoms with Gasteiger partial charge in [0, 0.05) is 10.4 Å². The molecule has 0 aliphatic carbocycles. The van der Waals surface area contributed by atoms with Gasteiger partial charge >= 0.3 is 12.1 Å².